The number of benzene rings is 1. The van der Waals surface area contributed by atoms with Crippen molar-refractivity contribution in [2.45, 2.75) is 31.9 Å². The average molecular weight is 390 g/mol. The van der Waals surface area contributed by atoms with E-state index in [4.69, 9.17) is 0 Å². The lowest BCUT2D eigenvalue weighted by Gasteiger charge is -2.15. The molecular weight excluding hydrogens is 371 g/mol. The van der Waals surface area contributed by atoms with Crippen molar-refractivity contribution in [1.29, 1.82) is 0 Å². The Morgan fingerprint density at radius 2 is 2.11 bits per heavy atom. The van der Waals surface area contributed by atoms with Gasteiger partial charge in [-0.15, -0.1) is 0 Å². The van der Waals surface area contributed by atoms with Crippen LogP contribution in [0.25, 0.3) is 11.0 Å². The van der Waals surface area contributed by atoms with Crippen molar-refractivity contribution in [3.05, 3.63) is 53.9 Å². The van der Waals surface area contributed by atoms with E-state index in [0.29, 0.717) is 23.9 Å². The molecule has 2 aromatic heterocycles. The summed E-state index contributed by atoms with van der Waals surface area (Å²) in [7, 11) is -3.76. The van der Waals surface area contributed by atoms with Crippen LogP contribution in [0.15, 0.2) is 36.9 Å². The molecule has 0 spiro atoms. The number of ketones is 1. The first-order valence-electron chi connectivity index (χ1n) is 8.47. The monoisotopic (exact) mass is 390 g/mol. The van der Waals surface area contributed by atoms with Gasteiger partial charge in [0, 0.05) is 17.8 Å². The van der Waals surface area contributed by atoms with Crippen LogP contribution in [0.1, 0.15) is 42.6 Å². The molecule has 1 aromatic carbocycles. The predicted molar refractivity (Wildman–Crippen MR) is 101 cm³/mol. The molecule has 0 aliphatic rings. The van der Waals surface area contributed by atoms with Crippen molar-refractivity contribution in [1.82, 2.24) is 15.0 Å². The molecule has 1 atom stereocenters. The highest BCUT2D eigenvalue weighted by Crippen LogP contribution is 2.25. The summed E-state index contributed by atoms with van der Waals surface area (Å²) >= 11 is 0. The predicted octanol–water partition coefficient (Wildman–Crippen LogP) is 3.26. The Labute approximate surface area is 156 Å². The molecule has 0 aliphatic heterocycles. The molecule has 142 valence electrons. The van der Waals surface area contributed by atoms with E-state index >= 15 is 0 Å². The molecule has 9 heteroatoms. The summed E-state index contributed by atoms with van der Waals surface area (Å²) in [4.78, 5) is 23.5. The number of nitrogens with zero attached hydrogens (tertiary/aromatic N) is 2. The lowest BCUT2D eigenvalue weighted by molar-refractivity contribution is 0.103. The van der Waals surface area contributed by atoms with Gasteiger partial charge in [0.25, 0.3) is 0 Å². The highest BCUT2D eigenvalue weighted by atomic mass is 32.2. The number of anilines is 1. The summed E-state index contributed by atoms with van der Waals surface area (Å²) in [6.45, 7) is 3.43. The van der Waals surface area contributed by atoms with Gasteiger partial charge in [-0.1, -0.05) is 19.4 Å². The van der Waals surface area contributed by atoms with Crippen LogP contribution in [0.4, 0.5) is 10.1 Å². The maximum atomic E-state index is 14.9. The first-order valence-corrected chi connectivity index (χ1v) is 10.0. The second-order valence-corrected chi connectivity index (χ2v) is 8.33. The molecular formula is C18H19FN4O3S. The van der Waals surface area contributed by atoms with Gasteiger partial charge in [-0.2, -0.15) is 0 Å². The number of hydrogen-bond donors (Lipinski definition) is 2. The Morgan fingerprint density at radius 1 is 1.33 bits per heavy atom. The quantitative estimate of drug-likeness (QED) is 0.603. The lowest BCUT2D eigenvalue weighted by atomic mass is 10.0. The smallest absolute Gasteiger partial charge is 0.235 e. The molecule has 2 N–H and O–H groups in total. The van der Waals surface area contributed by atoms with E-state index in [1.807, 2.05) is 6.92 Å². The molecule has 0 bridgehead atoms. The van der Waals surface area contributed by atoms with Gasteiger partial charge in [0.05, 0.1) is 22.1 Å². The SMILES string of the molecule is CCCC(C)S(=O)(=O)Nc1cccc(C(=O)c2c[nH]c3ncncc23)c1F. The third-order valence-corrected chi connectivity index (χ3v) is 6.12. The third kappa shape index (κ3) is 3.68. The zero-order chi connectivity index (χ0) is 19.6. The van der Waals surface area contributed by atoms with E-state index in [1.165, 1.54) is 36.9 Å². The minimum Gasteiger partial charge on any atom is -0.345 e. The molecule has 0 amide bonds. The van der Waals surface area contributed by atoms with Crippen LogP contribution in [-0.2, 0) is 10.0 Å². The van der Waals surface area contributed by atoms with Gasteiger partial charge in [0.1, 0.15) is 12.0 Å². The molecule has 3 aromatic rings. The molecule has 2 heterocycles. The maximum Gasteiger partial charge on any atom is 0.235 e. The average Bonchev–Trinajstić information content (AvgIpc) is 3.07. The highest BCUT2D eigenvalue weighted by molar-refractivity contribution is 7.93. The number of sulfonamides is 1. The number of nitrogens with one attached hydrogen (secondary N) is 2. The standard InChI is InChI=1S/C18H19FN4O3S/c1-3-5-11(2)27(25,26)23-15-7-4-6-12(16(15)19)17(24)13-9-21-18-14(13)8-20-10-22-18/h4,6-11,23H,3,5H2,1-2H3,(H,20,21,22). The van der Waals surface area contributed by atoms with Crippen molar-refractivity contribution in [3.63, 3.8) is 0 Å². The molecule has 0 aliphatic carbocycles. The van der Waals surface area contributed by atoms with E-state index in [9.17, 15) is 17.6 Å². The number of aromatic nitrogens is 3. The molecule has 0 fully saturated rings. The fourth-order valence-corrected chi connectivity index (χ4v) is 4.01. The molecule has 0 saturated heterocycles. The van der Waals surface area contributed by atoms with E-state index in [2.05, 4.69) is 19.7 Å². The van der Waals surface area contributed by atoms with Crippen molar-refractivity contribution in [2.24, 2.45) is 0 Å². The minimum absolute atomic E-state index is 0.212. The van der Waals surface area contributed by atoms with Crippen LogP contribution in [0.2, 0.25) is 0 Å². The second kappa shape index (κ2) is 7.43. The number of rotatable bonds is 7. The molecule has 0 saturated carbocycles. The van der Waals surface area contributed by atoms with Crippen molar-refractivity contribution < 1.29 is 17.6 Å². The Balaban J connectivity index is 1.97. The fraction of sp³-hybridized carbons (Fsp3) is 0.278. The Morgan fingerprint density at radius 3 is 2.85 bits per heavy atom. The normalized spacial score (nSPS) is 12.9. The van der Waals surface area contributed by atoms with Crippen LogP contribution in [-0.4, -0.2) is 34.4 Å². The van der Waals surface area contributed by atoms with Crippen molar-refractivity contribution in [2.75, 3.05) is 4.72 Å². The molecule has 7 nitrogen and oxygen atoms in total. The summed E-state index contributed by atoms with van der Waals surface area (Å²) in [6.07, 6.45) is 5.36. The van der Waals surface area contributed by atoms with E-state index in [-0.39, 0.29) is 16.8 Å². The van der Waals surface area contributed by atoms with Gasteiger partial charge in [0.2, 0.25) is 10.0 Å². The third-order valence-electron chi connectivity index (χ3n) is 4.32. The Hall–Kier alpha value is -2.81. The first kappa shape index (κ1) is 19.0. The fourth-order valence-electron chi connectivity index (χ4n) is 2.79. The summed E-state index contributed by atoms with van der Waals surface area (Å²) < 4.78 is 41.9. The zero-order valence-corrected chi connectivity index (χ0v) is 15.7. The van der Waals surface area contributed by atoms with Crippen molar-refractivity contribution in [3.8, 4) is 0 Å². The molecule has 3 rings (SSSR count). The Bertz CT molecular complexity index is 1090. The largest absolute Gasteiger partial charge is 0.345 e. The van der Waals surface area contributed by atoms with Crippen LogP contribution in [0, 0.1) is 5.82 Å². The number of hydrogen-bond acceptors (Lipinski definition) is 5. The van der Waals surface area contributed by atoms with Gasteiger partial charge < -0.3 is 4.98 Å². The summed E-state index contributed by atoms with van der Waals surface area (Å²) in [5.74, 6) is -1.50. The van der Waals surface area contributed by atoms with Gasteiger partial charge in [-0.05, 0) is 25.5 Å². The van der Waals surface area contributed by atoms with Crippen LogP contribution in [0.3, 0.4) is 0 Å². The topological polar surface area (TPSA) is 105 Å². The highest BCUT2D eigenvalue weighted by Gasteiger charge is 2.24. The van der Waals surface area contributed by atoms with Gasteiger partial charge in [-0.3, -0.25) is 9.52 Å². The minimum atomic E-state index is -3.76. The van der Waals surface area contributed by atoms with Crippen molar-refractivity contribution >= 4 is 32.5 Å². The molecule has 1 unspecified atom stereocenters. The van der Waals surface area contributed by atoms with E-state index in [0.717, 1.165) is 0 Å². The summed E-state index contributed by atoms with van der Waals surface area (Å²) in [5.41, 5.74) is 0.186. The zero-order valence-electron chi connectivity index (χ0n) is 14.9. The number of carbonyl (C=O) groups is 1. The number of H-pyrrole nitrogens is 1. The van der Waals surface area contributed by atoms with E-state index in [1.54, 1.807) is 6.92 Å². The van der Waals surface area contributed by atoms with Gasteiger partial charge in [-0.25, -0.2) is 22.8 Å². The molecule has 0 radical (unpaired) electrons. The molecule has 27 heavy (non-hydrogen) atoms. The van der Waals surface area contributed by atoms with Gasteiger partial charge >= 0.3 is 0 Å². The summed E-state index contributed by atoms with van der Waals surface area (Å²) in [5, 5.41) is -0.212. The first-order chi connectivity index (χ1) is 12.8. The van der Waals surface area contributed by atoms with Crippen LogP contribution < -0.4 is 4.72 Å². The van der Waals surface area contributed by atoms with E-state index < -0.39 is 26.9 Å². The number of aromatic amines is 1. The van der Waals surface area contributed by atoms with Gasteiger partial charge in [0.15, 0.2) is 11.6 Å². The number of halogens is 1. The number of fused-ring (bicyclic) bond motifs is 1. The maximum absolute atomic E-state index is 14.9. The second-order valence-electron chi connectivity index (χ2n) is 6.23. The van der Waals surface area contributed by atoms with Crippen LogP contribution >= 0.6 is 0 Å². The Kier molecular flexibility index (Phi) is 5.22. The lowest BCUT2D eigenvalue weighted by Crippen LogP contribution is -2.26. The summed E-state index contributed by atoms with van der Waals surface area (Å²) in [6, 6.07) is 4.04. The number of carbonyl (C=O) groups excluding carboxylic acids is 1. The van der Waals surface area contributed by atoms with Crippen LogP contribution in [0.5, 0.6) is 0 Å².